The zero-order valence-corrected chi connectivity index (χ0v) is 16.3. The second-order valence-corrected chi connectivity index (χ2v) is 7.60. The minimum atomic E-state index is -1.04. The number of hydrogen-bond donors (Lipinski definition) is 2. The van der Waals surface area contributed by atoms with Crippen LogP contribution < -0.4 is 0 Å². The number of ether oxygens (including phenoxy) is 4. The largest absolute Gasteiger partial charge is 0.394 e. The Morgan fingerprint density at radius 2 is 1.39 bits per heavy atom. The summed E-state index contributed by atoms with van der Waals surface area (Å²) in [4.78, 5) is 0. The van der Waals surface area contributed by atoms with Gasteiger partial charge in [-0.15, -0.1) is 0 Å². The van der Waals surface area contributed by atoms with Crippen LogP contribution >= 0.6 is 23.2 Å². The van der Waals surface area contributed by atoms with Crippen LogP contribution in [0.3, 0.4) is 0 Å². The van der Waals surface area contributed by atoms with Gasteiger partial charge in [-0.1, -0.05) is 47.5 Å². The SMILES string of the molecule is OC[C@H]1OC(c2ccc(Cl)cc2)O[C@H]2COC(c3ccc(Cl)cc3)O[C@H]1[C@@H]2O. The van der Waals surface area contributed by atoms with E-state index in [-0.39, 0.29) is 13.2 Å². The van der Waals surface area contributed by atoms with Crippen LogP contribution in [-0.4, -0.2) is 47.8 Å². The van der Waals surface area contributed by atoms with Gasteiger partial charge in [0, 0.05) is 21.2 Å². The quantitative estimate of drug-likeness (QED) is 0.784. The van der Waals surface area contributed by atoms with E-state index in [0.29, 0.717) is 10.0 Å². The van der Waals surface area contributed by atoms with Gasteiger partial charge < -0.3 is 29.2 Å². The first-order valence-electron chi connectivity index (χ1n) is 8.93. The third-order valence-electron chi connectivity index (χ3n) is 4.84. The van der Waals surface area contributed by atoms with E-state index in [2.05, 4.69) is 0 Å². The fourth-order valence-electron chi connectivity index (χ4n) is 3.33. The van der Waals surface area contributed by atoms with E-state index in [1.807, 2.05) is 0 Å². The average molecular weight is 427 g/mol. The van der Waals surface area contributed by atoms with Crippen LogP contribution in [0.1, 0.15) is 23.7 Å². The molecule has 6 atom stereocenters. The molecule has 2 aromatic carbocycles. The summed E-state index contributed by atoms with van der Waals surface area (Å²) in [5.41, 5.74) is 1.46. The van der Waals surface area contributed by atoms with Gasteiger partial charge in [-0.05, 0) is 24.3 Å². The van der Waals surface area contributed by atoms with Gasteiger partial charge in [0.1, 0.15) is 24.4 Å². The number of halogens is 2. The Morgan fingerprint density at radius 1 is 0.821 bits per heavy atom. The minimum absolute atomic E-state index is 0.0938. The molecule has 0 aromatic heterocycles. The first-order valence-corrected chi connectivity index (χ1v) is 9.68. The van der Waals surface area contributed by atoms with Crippen LogP contribution in [0.15, 0.2) is 48.5 Å². The Kier molecular flexibility index (Phi) is 6.20. The molecule has 8 heteroatoms. The van der Waals surface area contributed by atoms with Gasteiger partial charge in [-0.3, -0.25) is 0 Å². The van der Waals surface area contributed by atoms with Gasteiger partial charge in [0.15, 0.2) is 12.6 Å². The third kappa shape index (κ3) is 4.20. The highest BCUT2D eigenvalue weighted by atomic mass is 35.5. The molecule has 0 radical (unpaired) electrons. The molecular formula is C20H20Cl2O6. The number of rotatable bonds is 3. The van der Waals surface area contributed by atoms with Gasteiger partial charge in [-0.2, -0.15) is 0 Å². The Labute approximate surface area is 172 Å². The van der Waals surface area contributed by atoms with E-state index in [0.717, 1.165) is 11.1 Å². The van der Waals surface area contributed by atoms with Crippen molar-refractivity contribution in [3.05, 3.63) is 69.7 Å². The summed E-state index contributed by atoms with van der Waals surface area (Å²) in [6.07, 6.45) is -4.91. The molecule has 2 fully saturated rings. The predicted octanol–water partition coefficient (Wildman–Crippen LogP) is 3.24. The lowest BCUT2D eigenvalue weighted by Gasteiger charge is -2.29. The molecule has 0 spiro atoms. The summed E-state index contributed by atoms with van der Waals surface area (Å²) in [6.45, 7) is -0.258. The van der Waals surface area contributed by atoms with Crippen molar-refractivity contribution in [2.24, 2.45) is 0 Å². The van der Waals surface area contributed by atoms with E-state index in [9.17, 15) is 10.2 Å². The lowest BCUT2D eigenvalue weighted by atomic mass is 10.0. The molecule has 28 heavy (non-hydrogen) atoms. The molecule has 0 saturated carbocycles. The van der Waals surface area contributed by atoms with E-state index >= 15 is 0 Å². The monoisotopic (exact) mass is 426 g/mol. The smallest absolute Gasteiger partial charge is 0.184 e. The van der Waals surface area contributed by atoms with Crippen molar-refractivity contribution in [2.75, 3.05) is 13.2 Å². The molecule has 2 bridgehead atoms. The van der Waals surface area contributed by atoms with Crippen molar-refractivity contribution < 1.29 is 29.2 Å². The Morgan fingerprint density at radius 3 is 1.96 bits per heavy atom. The van der Waals surface area contributed by atoms with Crippen LogP contribution in [0.4, 0.5) is 0 Å². The molecule has 2 unspecified atom stereocenters. The summed E-state index contributed by atoms with van der Waals surface area (Å²) in [5, 5.41) is 21.9. The Balaban J connectivity index is 1.59. The standard InChI is InChI=1S/C20H20Cl2O6/c21-13-5-1-11(2-6-13)19-25-10-16-17(24)18(28-19)15(9-23)26-20(27-16)12-3-7-14(22)8-4-12/h1-8,15-20,23-24H,9-10H2/t15-,16+,17-,18-,19?,20?/m1/s1. The maximum atomic E-state index is 10.8. The van der Waals surface area contributed by atoms with E-state index in [1.54, 1.807) is 48.5 Å². The number of aliphatic hydroxyl groups excluding tert-OH is 2. The van der Waals surface area contributed by atoms with Crippen molar-refractivity contribution in [2.45, 2.75) is 37.0 Å². The minimum Gasteiger partial charge on any atom is -0.394 e. The highest BCUT2D eigenvalue weighted by Crippen LogP contribution is 2.36. The van der Waals surface area contributed by atoms with Crippen LogP contribution in [-0.2, 0) is 18.9 Å². The normalized spacial score (nSPS) is 33.1. The van der Waals surface area contributed by atoms with Crippen molar-refractivity contribution in [3.8, 4) is 0 Å². The highest BCUT2D eigenvalue weighted by Gasteiger charge is 2.46. The molecule has 0 aliphatic carbocycles. The fraction of sp³-hybridized carbons (Fsp3) is 0.400. The van der Waals surface area contributed by atoms with E-state index in [1.165, 1.54) is 0 Å². The zero-order valence-electron chi connectivity index (χ0n) is 14.8. The van der Waals surface area contributed by atoms with E-state index < -0.39 is 37.0 Å². The number of benzene rings is 2. The summed E-state index contributed by atoms with van der Waals surface area (Å²) < 4.78 is 23.8. The molecule has 2 aromatic rings. The molecule has 2 heterocycles. The molecule has 4 rings (SSSR count). The fourth-order valence-corrected chi connectivity index (χ4v) is 3.58. The van der Waals surface area contributed by atoms with E-state index in [4.69, 9.17) is 42.1 Å². The van der Waals surface area contributed by atoms with Gasteiger partial charge >= 0.3 is 0 Å². The average Bonchev–Trinajstić information content (AvgIpc) is 2.94. The van der Waals surface area contributed by atoms with Crippen LogP contribution in [0.2, 0.25) is 10.0 Å². The molecule has 0 amide bonds. The second kappa shape index (κ2) is 8.65. The van der Waals surface area contributed by atoms with Gasteiger partial charge in [0.05, 0.1) is 13.2 Å². The second-order valence-electron chi connectivity index (χ2n) is 6.72. The summed E-state index contributed by atoms with van der Waals surface area (Å²) >= 11 is 11.9. The molecule has 150 valence electrons. The highest BCUT2D eigenvalue weighted by molar-refractivity contribution is 6.30. The molecule has 2 aliphatic heterocycles. The van der Waals surface area contributed by atoms with Gasteiger partial charge in [0.25, 0.3) is 0 Å². The van der Waals surface area contributed by atoms with Gasteiger partial charge in [0.2, 0.25) is 0 Å². The summed E-state index contributed by atoms with van der Waals surface area (Å²) in [5.74, 6) is 0. The lowest BCUT2D eigenvalue weighted by molar-refractivity contribution is -0.249. The molecule has 2 aliphatic rings. The maximum Gasteiger partial charge on any atom is 0.184 e. The van der Waals surface area contributed by atoms with Crippen molar-refractivity contribution in [1.82, 2.24) is 0 Å². The molecule has 6 nitrogen and oxygen atoms in total. The topological polar surface area (TPSA) is 77.4 Å². The lowest BCUT2D eigenvalue weighted by Crippen LogP contribution is -2.45. The zero-order chi connectivity index (χ0) is 19.7. The van der Waals surface area contributed by atoms with Crippen molar-refractivity contribution in [3.63, 3.8) is 0 Å². The summed E-state index contributed by atoms with van der Waals surface area (Å²) in [6, 6.07) is 14.0. The molecular weight excluding hydrogens is 407 g/mol. The van der Waals surface area contributed by atoms with Crippen molar-refractivity contribution >= 4 is 23.2 Å². The van der Waals surface area contributed by atoms with Crippen LogP contribution in [0.25, 0.3) is 0 Å². The molecule has 2 saturated heterocycles. The van der Waals surface area contributed by atoms with Gasteiger partial charge in [-0.25, -0.2) is 0 Å². The third-order valence-corrected chi connectivity index (χ3v) is 5.34. The number of aliphatic hydroxyl groups is 2. The number of fused-ring (bicyclic) bond motifs is 2. The first kappa shape index (κ1) is 20.1. The summed E-state index contributed by atoms with van der Waals surface area (Å²) in [7, 11) is 0. The first-order chi connectivity index (χ1) is 13.5. The molecule has 2 N–H and O–H groups in total. The Bertz CT molecular complexity index is 782. The number of hydrogen-bond acceptors (Lipinski definition) is 6. The Hall–Kier alpha value is -1.22. The van der Waals surface area contributed by atoms with Crippen LogP contribution in [0, 0.1) is 0 Å². The van der Waals surface area contributed by atoms with Crippen LogP contribution in [0.5, 0.6) is 0 Å². The maximum absolute atomic E-state index is 10.8. The van der Waals surface area contributed by atoms with Crippen molar-refractivity contribution in [1.29, 1.82) is 0 Å². The predicted molar refractivity (Wildman–Crippen MR) is 102 cm³/mol.